The van der Waals surface area contributed by atoms with Gasteiger partial charge in [0.1, 0.15) is 5.58 Å². The molecule has 42 heavy (non-hydrogen) atoms. The van der Waals surface area contributed by atoms with Gasteiger partial charge in [-0.2, -0.15) is 23.4 Å². The summed E-state index contributed by atoms with van der Waals surface area (Å²) in [5.74, 6) is -0.833. The third kappa shape index (κ3) is 5.81. The Balaban J connectivity index is 1.49. The fraction of sp³-hybridized carbons (Fsp3) is 0.0370. The number of alkyl halides is 3. The van der Waals surface area contributed by atoms with Crippen LogP contribution in [0.1, 0.15) is 21.6 Å². The number of carbonyl (C=O) groups excluding carboxylic acids is 1. The maximum atomic E-state index is 13.1. The van der Waals surface area contributed by atoms with E-state index in [0.717, 1.165) is 18.3 Å². The first-order valence-corrected chi connectivity index (χ1v) is 13.7. The van der Waals surface area contributed by atoms with E-state index in [9.17, 15) is 31.2 Å². The van der Waals surface area contributed by atoms with E-state index in [1.807, 2.05) is 0 Å². The first kappa shape index (κ1) is 28.7. The van der Waals surface area contributed by atoms with Crippen molar-refractivity contribution in [3.05, 3.63) is 111 Å². The van der Waals surface area contributed by atoms with Crippen LogP contribution in [0, 0.1) is 0 Å². The van der Waals surface area contributed by atoms with Crippen LogP contribution >= 0.6 is 11.6 Å². The molecule has 10 nitrogen and oxygen atoms in total. The van der Waals surface area contributed by atoms with Gasteiger partial charge in [0.05, 0.1) is 38.6 Å². The Hall–Kier alpha value is -4.79. The number of sulfonamides is 1. The molecule has 15 heteroatoms. The Labute approximate surface area is 239 Å². The Morgan fingerprint density at radius 3 is 2.36 bits per heavy atom. The van der Waals surface area contributed by atoms with E-state index in [2.05, 4.69) is 15.6 Å². The molecule has 1 amide bonds. The van der Waals surface area contributed by atoms with Gasteiger partial charge < -0.3 is 4.42 Å². The lowest BCUT2D eigenvalue weighted by Crippen LogP contribution is -2.19. The highest BCUT2D eigenvalue weighted by molar-refractivity contribution is 7.89. The number of primary sulfonamides is 1. The van der Waals surface area contributed by atoms with Crippen LogP contribution in [0.15, 0.2) is 98.1 Å². The number of nitrogens with zero attached hydrogens (tertiary/aromatic N) is 3. The van der Waals surface area contributed by atoms with Crippen LogP contribution < -0.4 is 16.2 Å². The molecular weight excluding hydrogens is 599 g/mol. The zero-order valence-electron chi connectivity index (χ0n) is 21.0. The van der Waals surface area contributed by atoms with Gasteiger partial charge in [-0.3, -0.25) is 4.79 Å². The van der Waals surface area contributed by atoms with Gasteiger partial charge in [0.2, 0.25) is 10.0 Å². The molecule has 2 heterocycles. The predicted octanol–water partition coefficient (Wildman–Crippen LogP) is 4.73. The van der Waals surface area contributed by atoms with Crippen LogP contribution in [0.2, 0.25) is 5.02 Å². The Morgan fingerprint density at radius 2 is 1.71 bits per heavy atom. The summed E-state index contributed by atoms with van der Waals surface area (Å²) in [5.41, 5.74) is 1.28. The van der Waals surface area contributed by atoms with E-state index >= 15 is 0 Å². The number of nitrogens with two attached hydrogens (primary N) is 1. The van der Waals surface area contributed by atoms with Crippen LogP contribution in [-0.4, -0.2) is 30.3 Å². The summed E-state index contributed by atoms with van der Waals surface area (Å²) in [7, 11) is -4.00. The molecule has 214 valence electrons. The number of benzene rings is 3. The monoisotopic (exact) mass is 615 g/mol. The highest BCUT2D eigenvalue weighted by atomic mass is 35.5. The number of rotatable bonds is 6. The minimum atomic E-state index is -4.56. The molecule has 0 aliphatic rings. The fourth-order valence-electron chi connectivity index (χ4n) is 3.95. The number of hydrazone groups is 1. The molecule has 0 saturated carbocycles. The molecule has 0 bridgehead atoms. The summed E-state index contributed by atoms with van der Waals surface area (Å²) in [6, 6.07) is 17.2. The summed E-state index contributed by atoms with van der Waals surface area (Å²) in [6.07, 6.45) is -3.55. The summed E-state index contributed by atoms with van der Waals surface area (Å²) >= 11 is 6.32. The van der Waals surface area contributed by atoms with E-state index in [1.54, 1.807) is 24.3 Å². The van der Waals surface area contributed by atoms with Gasteiger partial charge in [0.25, 0.3) is 5.91 Å². The Bertz CT molecular complexity index is 2020. The number of halogens is 4. The maximum absolute atomic E-state index is 13.1. The van der Waals surface area contributed by atoms with Crippen molar-refractivity contribution in [3.8, 4) is 16.9 Å². The predicted molar refractivity (Wildman–Crippen MR) is 148 cm³/mol. The van der Waals surface area contributed by atoms with Gasteiger partial charge in [-0.1, -0.05) is 35.9 Å². The van der Waals surface area contributed by atoms with Crippen molar-refractivity contribution in [2.24, 2.45) is 10.2 Å². The molecule has 0 aliphatic carbocycles. The maximum Gasteiger partial charge on any atom is 0.416 e. The lowest BCUT2D eigenvalue weighted by Gasteiger charge is -2.10. The number of nitrogens with one attached hydrogen (secondary N) is 1. The van der Waals surface area contributed by atoms with Crippen LogP contribution in [-0.2, 0) is 16.2 Å². The van der Waals surface area contributed by atoms with E-state index in [4.69, 9.17) is 21.2 Å². The molecule has 0 saturated heterocycles. The van der Waals surface area contributed by atoms with E-state index in [0.29, 0.717) is 5.39 Å². The molecule has 5 rings (SSSR count). The van der Waals surface area contributed by atoms with E-state index in [-0.39, 0.29) is 43.7 Å². The lowest BCUT2D eigenvalue weighted by atomic mass is 10.1. The van der Waals surface area contributed by atoms with Crippen molar-refractivity contribution in [3.63, 3.8) is 0 Å². The summed E-state index contributed by atoms with van der Waals surface area (Å²) in [6.45, 7) is 0. The third-order valence-corrected chi connectivity index (χ3v) is 7.34. The number of para-hydroxylation sites is 1. The number of hydrogen-bond donors (Lipinski definition) is 2. The van der Waals surface area contributed by atoms with Gasteiger partial charge in [-0.05, 0) is 54.6 Å². The minimum absolute atomic E-state index is 0.0663. The molecule has 0 fully saturated rings. The molecule has 0 aliphatic heterocycles. The first-order valence-electron chi connectivity index (χ1n) is 11.8. The van der Waals surface area contributed by atoms with Gasteiger partial charge in [-0.15, -0.1) is 0 Å². The van der Waals surface area contributed by atoms with Gasteiger partial charge in [-0.25, -0.2) is 28.5 Å². The van der Waals surface area contributed by atoms with Crippen molar-refractivity contribution in [2.75, 3.05) is 0 Å². The average Bonchev–Trinajstić information content (AvgIpc) is 3.40. The van der Waals surface area contributed by atoms with E-state index in [1.165, 1.54) is 47.1 Å². The van der Waals surface area contributed by atoms with E-state index < -0.39 is 33.3 Å². The third-order valence-electron chi connectivity index (χ3n) is 6.00. The standard InChI is InChI=1S/C27H17ClF3N5O5S/c28-24-19-3-1-2-4-23(19)41-26(38)20(24)14-33-34-25(37)21-13-22(15-5-7-16(8-6-15)27(29,30)31)36(35-21)17-9-11-18(12-10-17)42(32,39)40/h1-14H,(H,34,37)(H2,32,39,40). The smallest absolute Gasteiger partial charge is 0.416 e. The first-order chi connectivity index (χ1) is 19.8. The minimum Gasteiger partial charge on any atom is -0.422 e. The Kier molecular flexibility index (Phi) is 7.45. The molecule has 2 aromatic heterocycles. The van der Waals surface area contributed by atoms with Crippen molar-refractivity contribution < 1.29 is 30.8 Å². The topological polar surface area (TPSA) is 150 Å². The lowest BCUT2D eigenvalue weighted by molar-refractivity contribution is -0.137. The van der Waals surface area contributed by atoms with Crippen LogP contribution in [0.5, 0.6) is 0 Å². The molecule has 0 unspecified atom stereocenters. The number of carbonyl (C=O) groups is 1. The molecule has 0 spiro atoms. The molecule has 0 radical (unpaired) electrons. The van der Waals surface area contributed by atoms with Crippen molar-refractivity contribution in [2.45, 2.75) is 11.1 Å². The molecule has 0 atom stereocenters. The van der Waals surface area contributed by atoms with Crippen molar-refractivity contribution in [1.29, 1.82) is 0 Å². The fourth-order valence-corrected chi connectivity index (χ4v) is 4.75. The zero-order chi connectivity index (χ0) is 30.2. The molecule has 5 aromatic rings. The largest absolute Gasteiger partial charge is 0.422 e. The van der Waals surface area contributed by atoms with Crippen molar-refractivity contribution >= 4 is 44.7 Å². The van der Waals surface area contributed by atoms with Gasteiger partial charge in [0, 0.05) is 10.9 Å². The summed E-state index contributed by atoms with van der Waals surface area (Å²) in [4.78, 5) is 25.1. The molecule has 3 aromatic carbocycles. The van der Waals surface area contributed by atoms with Gasteiger partial charge in [0.15, 0.2) is 5.69 Å². The SMILES string of the molecule is NS(=O)(=O)c1ccc(-n2nc(C(=O)NN=Cc3c(Cl)c4ccccc4oc3=O)cc2-c2ccc(C(F)(F)F)cc2)cc1. The highest BCUT2D eigenvalue weighted by Gasteiger charge is 2.30. The average molecular weight is 616 g/mol. The number of amides is 1. The zero-order valence-corrected chi connectivity index (χ0v) is 22.5. The summed E-state index contributed by atoms with van der Waals surface area (Å²) in [5, 5.41) is 13.7. The highest BCUT2D eigenvalue weighted by Crippen LogP contribution is 2.32. The second-order valence-electron chi connectivity index (χ2n) is 8.75. The normalized spacial score (nSPS) is 12.2. The van der Waals surface area contributed by atoms with Crippen LogP contribution in [0.3, 0.4) is 0 Å². The Morgan fingerprint density at radius 1 is 1.05 bits per heavy atom. The van der Waals surface area contributed by atoms with Gasteiger partial charge >= 0.3 is 11.8 Å². The van der Waals surface area contributed by atoms with Crippen LogP contribution in [0.4, 0.5) is 13.2 Å². The van der Waals surface area contributed by atoms with Crippen LogP contribution in [0.25, 0.3) is 27.9 Å². The summed E-state index contributed by atoms with van der Waals surface area (Å²) < 4.78 is 69.1. The molecular formula is C27H17ClF3N5O5S. The van der Waals surface area contributed by atoms with Crippen molar-refractivity contribution in [1.82, 2.24) is 15.2 Å². The number of fused-ring (bicyclic) bond motifs is 1. The number of aromatic nitrogens is 2. The number of hydrogen-bond acceptors (Lipinski definition) is 7. The second kappa shape index (κ2) is 10.9. The quantitative estimate of drug-likeness (QED) is 0.160. The molecule has 3 N–H and O–H groups in total. The second-order valence-corrected chi connectivity index (χ2v) is 10.7.